The third kappa shape index (κ3) is 6.21. The molecule has 13 heteroatoms. The number of β-lactam (4-membered cyclic amide) rings is 1. The van der Waals surface area contributed by atoms with Crippen LogP contribution in [0.15, 0.2) is 125 Å². The van der Waals surface area contributed by atoms with Crippen LogP contribution in [0.5, 0.6) is 0 Å². The number of hydrogen-bond acceptors (Lipinski definition) is 9. The molecule has 244 valence electrons. The van der Waals surface area contributed by atoms with Crippen molar-refractivity contribution in [1.82, 2.24) is 15.2 Å². The van der Waals surface area contributed by atoms with Gasteiger partial charge >= 0.3 is 5.97 Å². The molecule has 6 rings (SSSR count). The molecule has 48 heavy (non-hydrogen) atoms. The number of benzene rings is 3. The molecule has 0 aliphatic carbocycles. The Morgan fingerprint density at radius 3 is 2.15 bits per heavy atom. The summed E-state index contributed by atoms with van der Waals surface area (Å²) in [6.45, 7) is 3.67. The SMILES string of the molecule is C=CCON=C(C(=O)NC1C(=O)N2C(C(=O)O)=C(CCl)CS[C@@H]12)c1csc(NC(c2ccccc2)(c2ccccc2)c2ccccc2)n1. The molecule has 0 saturated carbocycles. The van der Waals surface area contributed by atoms with Crippen molar-refractivity contribution in [3.63, 3.8) is 0 Å². The minimum absolute atomic E-state index is 0.0140. The number of carbonyl (C=O) groups is 3. The highest BCUT2D eigenvalue weighted by molar-refractivity contribution is 8.00. The van der Waals surface area contributed by atoms with Crippen molar-refractivity contribution in [1.29, 1.82) is 0 Å². The third-order valence-corrected chi connectivity index (χ3v) is 10.3. The van der Waals surface area contributed by atoms with Crippen LogP contribution in [0, 0.1) is 0 Å². The zero-order chi connectivity index (χ0) is 33.7. The zero-order valence-electron chi connectivity index (χ0n) is 25.4. The second-order valence-corrected chi connectivity index (χ2v) is 13.0. The number of thioether (sulfide) groups is 1. The summed E-state index contributed by atoms with van der Waals surface area (Å²) in [5.41, 5.74) is 2.47. The first-order chi connectivity index (χ1) is 23.4. The van der Waals surface area contributed by atoms with Gasteiger partial charge in [-0.05, 0) is 22.3 Å². The number of hydrogen-bond donors (Lipinski definition) is 3. The lowest BCUT2D eigenvalue weighted by molar-refractivity contribution is -0.150. The summed E-state index contributed by atoms with van der Waals surface area (Å²) in [5.74, 6) is -2.18. The van der Waals surface area contributed by atoms with Gasteiger partial charge in [0, 0.05) is 17.0 Å². The number of carboxylic acid groups (broad SMARTS) is 1. The molecule has 2 aliphatic rings. The van der Waals surface area contributed by atoms with Crippen LogP contribution >= 0.6 is 34.7 Å². The number of thiazole rings is 1. The van der Waals surface area contributed by atoms with E-state index in [1.165, 1.54) is 34.1 Å². The first-order valence-corrected chi connectivity index (χ1v) is 17.3. The van der Waals surface area contributed by atoms with Crippen LogP contribution in [0.2, 0.25) is 0 Å². The van der Waals surface area contributed by atoms with Crippen molar-refractivity contribution in [3.05, 3.63) is 143 Å². The third-order valence-electron chi connectivity index (χ3n) is 7.92. The van der Waals surface area contributed by atoms with E-state index in [-0.39, 0.29) is 29.6 Å². The zero-order valence-corrected chi connectivity index (χ0v) is 27.8. The van der Waals surface area contributed by atoms with Crippen LogP contribution in [0.1, 0.15) is 22.4 Å². The highest BCUT2D eigenvalue weighted by Gasteiger charge is 2.54. The van der Waals surface area contributed by atoms with Crippen molar-refractivity contribution in [2.24, 2.45) is 5.16 Å². The fraction of sp³-hybridized carbons (Fsp3) is 0.171. The number of carboxylic acids is 1. The Morgan fingerprint density at radius 1 is 1.04 bits per heavy atom. The molecule has 0 bridgehead atoms. The van der Waals surface area contributed by atoms with Gasteiger partial charge in [0.05, 0.1) is 0 Å². The number of nitrogens with one attached hydrogen (secondary N) is 2. The molecule has 1 fully saturated rings. The van der Waals surface area contributed by atoms with E-state index in [9.17, 15) is 19.5 Å². The number of rotatable bonds is 13. The van der Waals surface area contributed by atoms with Crippen molar-refractivity contribution in [2.75, 3.05) is 23.6 Å². The first-order valence-electron chi connectivity index (χ1n) is 14.9. The standard InChI is InChI=1S/C35H30ClN5O5S2/c1-2-18-46-40-27(30(42)38-28-31(43)41-29(33(44)45)22(19-36)20-47-32(28)41)26-21-48-34(37-26)39-35(23-12-6-3-7-13-23,24-14-8-4-9-15-24)25-16-10-5-11-17-25/h2-17,21,28,32H,1,18-20H2,(H,37,39)(H,38,42)(H,44,45)/t28?,32-/m0/s1. The predicted octanol–water partition coefficient (Wildman–Crippen LogP) is 5.43. The predicted molar refractivity (Wildman–Crippen MR) is 188 cm³/mol. The largest absolute Gasteiger partial charge is 0.477 e. The number of alkyl halides is 1. The number of halogens is 1. The lowest BCUT2D eigenvalue weighted by atomic mass is 9.77. The van der Waals surface area contributed by atoms with Gasteiger partial charge in [0.2, 0.25) is 0 Å². The molecule has 1 aromatic heterocycles. The molecule has 0 radical (unpaired) electrons. The summed E-state index contributed by atoms with van der Waals surface area (Å²) in [7, 11) is 0. The van der Waals surface area contributed by atoms with Gasteiger partial charge in [-0.15, -0.1) is 34.7 Å². The van der Waals surface area contributed by atoms with Crippen LogP contribution < -0.4 is 10.6 Å². The van der Waals surface area contributed by atoms with Gasteiger partial charge in [-0.25, -0.2) is 9.78 Å². The van der Waals surface area contributed by atoms with Gasteiger partial charge in [-0.2, -0.15) is 0 Å². The maximum Gasteiger partial charge on any atom is 0.352 e. The Hall–Kier alpha value is -4.91. The number of amides is 2. The number of carbonyl (C=O) groups excluding carboxylic acids is 2. The number of anilines is 1. The van der Waals surface area contributed by atoms with Gasteiger partial charge in [0.1, 0.15) is 35.0 Å². The fourth-order valence-corrected chi connectivity index (χ4v) is 8.17. The quantitative estimate of drug-likeness (QED) is 0.0320. The summed E-state index contributed by atoms with van der Waals surface area (Å²) in [6, 6.07) is 29.1. The maximum absolute atomic E-state index is 13.7. The van der Waals surface area contributed by atoms with Gasteiger partial charge in [-0.3, -0.25) is 14.5 Å². The normalized spacial score (nSPS) is 17.6. The number of fused-ring (bicyclic) bond motifs is 1. The molecule has 3 heterocycles. The van der Waals surface area contributed by atoms with Crippen LogP contribution in [0.4, 0.5) is 5.13 Å². The molecule has 2 aliphatic heterocycles. The molecule has 10 nitrogen and oxygen atoms in total. The number of aliphatic carboxylic acids is 1. The van der Waals surface area contributed by atoms with Crippen LogP contribution in [-0.2, 0) is 24.8 Å². The van der Waals surface area contributed by atoms with Gasteiger partial charge < -0.3 is 20.6 Å². The van der Waals surface area contributed by atoms with E-state index in [1.54, 1.807) is 5.38 Å². The Bertz CT molecular complexity index is 1790. The van der Waals surface area contributed by atoms with Crippen LogP contribution in [-0.4, -0.2) is 68.1 Å². The summed E-state index contributed by atoms with van der Waals surface area (Å²) in [6.07, 6.45) is 1.49. The van der Waals surface area contributed by atoms with Gasteiger partial charge in [0.15, 0.2) is 10.8 Å². The summed E-state index contributed by atoms with van der Waals surface area (Å²) in [4.78, 5) is 50.1. The molecule has 2 atom stereocenters. The second-order valence-electron chi connectivity index (χ2n) is 10.8. The Kier molecular flexibility index (Phi) is 9.95. The van der Waals surface area contributed by atoms with Crippen molar-refractivity contribution in [3.8, 4) is 0 Å². The number of nitrogens with zero attached hydrogens (tertiary/aromatic N) is 3. The summed E-state index contributed by atoms with van der Waals surface area (Å²) in [5, 5.41) is 21.8. The molecule has 3 aromatic carbocycles. The smallest absolute Gasteiger partial charge is 0.352 e. The average molecular weight is 700 g/mol. The second kappa shape index (κ2) is 14.5. The van der Waals surface area contributed by atoms with E-state index in [0.29, 0.717) is 16.5 Å². The topological polar surface area (TPSA) is 133 Å². The minimum Gasteiger partial charge on any atom is -0.477 e. The number of oxime groups is 1. The fourth-order valence-electron chi connectivity index (χ4n) is 5.74. The van der Waals surface area contributed by atoms with E-state index < -0.39 is 34.7 Å². The van der Waals surface area contributed by atoms with Gasteiger partial charge in [-0.1, -0.05) is 109 Å². The number of aromatic nitrogens is 1. The monoisotopic (exact) mass is 699 g/mol. The van der Waals surface area contributed by atoms with Crippen molar-refractivity contribution >= 4 is 63.3 Å². The maximum atomic E-state index is 13.7. The van der Waals surface area contributed by atoms with E-state index >= 15 is 0 Å². The Morgan fingerprint density at radius 2 is 1.62 bits per heavy atom. The highest BCUT2D eigenvalue weighted by Crippen LogP contribution is 2.42. The minimum atomic E-state index is -1.24. The molecular weight excluding hydrogens is 670 g/mol. The van der Waals surface area contributed by atoms with Crippen molar-refractivity contribution < 1.29 is 24.3 Å². The molecule has 1 saturated heterocycles. The van der Waals surface area contributed by atoms with E-state index in [0.717, 1.165) is 16.7 Å². The Balaban J connectivity index is 1.32. The lowest BCUT2D eigenvalue weighted by Crippen LogP contribution is -2.71. The molecular formula is C35H30ClN5O5S2. The Labute approximate surface area is 290 Å². The van der Waals surface area contributed by atoms with E-state index in [4.69, 9.17) is 21.4 Å². The average Bonchev–Trinajstić information content (AvgIpc) is 3.59. The lowest BCUT2D eigenvalue weighted by Gasteiger charge is -2.49. The van der Waals surface area contributed by atoms with Crippen LogP contribution in [0.3, 0.4) is 0 Å². The molecule has 0 spiro atoms. The molecule has 4 aromatic rings. The van der Waals surface area contributed by atoms with E-state index in [1.807, 2.05) is 91.0 Å². The molecule has 2 amide bonds. The molecule has 1 unspecified atom stereocenters. The van der Waals surface area contributed by atoms with E-state index in [2.05, 4.69) is 22.4 Å². The van der Waals surface area contributed by atoms with Crippen molar-refractivity contribution in [2.45, 2.75) is 17.0 Å². The summed E-state index contributed by atoms with van der Waals surface area (Å²) >= 11 is 8.57. The first kappa shape index (κ1) is 33.0. The highest BCUT2D eigenvalue weighted by atomic mass is 35.5. The van der Waals surface area contributed by atoms with Crippen LogP contribution in [0.25, 0.3) is 0 Å². The van der Waals surface area contributed by atoms with Gasteiger partial charge in [0.25, 0.3) is 11.8 Å². The molecule has 3 N–H and O–H groups in total. The summed E-state index contributed by atoms with van der Waals surface area (Å²) < 4.78 is 0.